The van der Waals surface area contributed by atoms with E-state index in [9.17, 15) is 14.9 Å². The molecular weight excluding hydrogens is 430 g/mol. The Balaban J connectivity index is 1.51. The van der Waals surface area contributed by atoms with Crippen LogP contribution in [0.1, 0.15) is 17.3 Å². The lowest BCUT2D eigenvalue weighted by atomic mass is 10.0. The van der Waals surface area contributed by atoms with E-state index in [2.05, 4.69) is 22.0 Å². The molecular formula is C26H23N5O3. The van der Waals surface area contributed by atoms with E-state index in [1.807, 2.05) is 65.6 Å². The van der Waals surface area contributed by atoms with Crippen LogP contribution in [0.25, 0.3) is 22.0 Å². The summed E-state index contributed by atoms with van der Waals surface area (Å²) in [5.74, 6) is 0.682. The van der Waals surface area contributed by atoms with Gasteiger partial charge in [0, 0.05) is 59.7 Å². The molecule has 1 atom stereocenters. The monoisotopic (exact) mass is 453 g/mol. The van der Waals surface area contributed by atoms with Gasteiger partial charge in [0.25, 0.3) is 11.6 Å². The molecule has 4 aromatic rings. The van der Waals surface area contributed by atoms with Gasteiger partial charge in [-0.1, -0.05) is 48.5 Å². The molecule has 0 spiro atoms. The standard InChI is InChI=1S/C26H23N5O3/c1-18-17-29(26(32)20-10-6-3-7-11-20)14-15-30(18)25-22-13-12-21(31(33)34)16-23(22)24(27-28-25)19-8-4-2-5-9-19/h2-13,16,18H,14-15,17H2,1H3. The van der Waals surface area contributed by atoms with Gasteiger partial charge in [0.1, 0.15) is 5.69 Å². The zero-order chi connectivity index (χ0) is 23.7. The van der Waals surface area contributed by atoms with Crippen LogP contribution in [-0.2, 0) is 0 Å². The number of carbonyl (C=O) groups excluding carboxylic acids is 1. The molecule has 0 aliphatic carbocycles. The summed E-state index contributed by atoms with van der Waals surface area (Å²) < 4.78 is 0. The van der Waals surface area contributed by atoms with E-state index in [1.54, 1.807) is 12.1 Å². The Morgan fingerprint density at radius 1 is 0.941 bits per heavy atom. The molecule has 1 saturated heterocycles. The molecule has 3 aromatic carbocycles. The number of anilines is 1. The minimum Gasteiger partial charge on any atom is -0.348 e. The number of hydrogen-bond donors (Lipinski definition) is 0. The molecule has 34 heavy (non-hydrogen) atoms. The second kappa shape index (κ2) is 8.90. The van der Waals surface area contributed by atoms with E-state index in [0.29, 0.717) is 42.1 Å². The first kappa shape index (κ1) is 21.5. The Bertz CT molecular complexity index is 1360. The van der Waals surface area contributed by atoms with E-state index in [4.69, 9.17) is 0 Å². The van der Waals surface area contributed by atoms with Crippen molar-refractivity contribution >= 4 is 28.2 Å². The number of amides is 1. The van der Waals surface area contributed by atoms with Gasteiger partial charge >= 0.3 is 0 Å². The van der Waals surface area contributed by atoms with Crippen LogP contribution >= 0.6 is 0 Å². The molecule has 0 saturated carbocycles. The number of nitro groups is 1. The zero-order valence-corrected chi connectivity index (χ0v) is 18.7. The van der Waals surface area contributed by atoms with Crippen molar-refractivity contribution in [3.63, 3.8) is 0 Å². The summed E-state index contributed by atoms with van der Waals surface area (Å²) in [6.45, 7) is 3.73. The number of rotatable bonds is 4. The van der Waals surface area contributed by atoms with Gasteiger partial charge in [-0.15, -0.1) is 10.2 Å². The number of aromatic nitrogens is 2. The second-order valence-electron chi connectivity index (χ2n) is 8.38. The maximum absolute atomic E-state index is 12.9. The number of benzene rings is 3. The molecule has 1 aliphatic rings. The van der Waals surface area contributed by atoms with Crippen molar-refractivity contribution in [2.45, 2.75) is 13.0 Å². The van der Waals surface area contributed by atoms with Crippen molar-refractivity contribution in [2.24, 2.45) is 0 Å². The molecule has 2 heterocycles. The fourth-order valence-corrected chi connectivity index (χ4v) is 4.48. The van der Waals surface area contributed by atoms with Crippen LogP contribution < -0.4 is 4.90 Å². The van der Waals surface area contributed by atoms with Crippen molar-refractivity contribution < 1.29 is 9.72 Å². The number of carbonyl (C=O) groups is 1. The maximum atomic E-state index is 12.9. The summed E-state index contributed by atoms with van der Waals surface area (Å²) >= 11 is 0. The van der Waals surface area contributed by atoms with Crippen LogP contribution in [0, 0.1) is 10.1 Å². The Labute approximate surface area is 196 Å². The molecule has 0 N–H and O–H groups in total. The molecule has 8 nitrogen and oxygen atoms in total. The fraction of sp³-hybridized carbons (Fsp3) is 0.192. The van der Waals surface area contributed by atoms with Gasteiger partial charge in [0.2, 0.25) is 0 Å². The molecule has 1 amide bonds. The molecule has 5 rings (SSSR count). The largest absolute Gasteiger partial charge is 0.348 e. The first-order valence-electron chi connectivity index (χ1n) is 11.1. The lowest BCUT2D eigenvalue weighted by Gasteiger charge is -2.40. The molecule has 1 unspecified atom stereocenters. The molecule has 170 valence electrons. The van der Waals surface area contributed by atoms with Crippen molar-refractivity contribution in [3.8, 4) is 11.3 Å². The Kier molecular flexibility index (Phi) is 5.63. The van der Waals surface area contributed by atoms with Crippen LogP contribution in [0.5, 0.6) is 0 Å². The van der Waals surface area contributed by atoms with Crippen molar-refractivity contribution in [1.82, 2.24) is 15.1 Å². The highest BCUT2D eigenvalue weighted by Crippen LogP contribution is 2.35. The Morgan fingerprint density at radius 3 is 2.32 bits per heavy atom. The molecule has 0 bridgehead atoms. The van der Waals surface area contributed by atoms with Crippen molar-refractivity contribution in [3.05, 3.63) is 94.5 Å². The smallest absolute Gasteiger partial charge is 0.270 e. The third kappa shape index (κ3) is 3.94. The topological polar surface area (TPSA) is 92.5 Å². The quantitative estimate of drug-likeness (QED) is 0.332. The minimum absolute atomic E-state index is 0.00307. The van der Waals surface area contributed by atoms with E-state index >= 15 is 0 Å². The van der Waals surface area contributed by atoms with Crippen molar-refractivity contribution in [2.75, 3.05) is 24.5 Å². The number of piperazine rings is 1. The number of fused-ring (bicyclic) bond motifs is 1. The fourth-order valence-electron chi connectivity index (χ4n) is 4.48. The van der Waals surface area contributed by atoms with Gasteiger partial charge < -0.3 is 9.80 Å². The maximum Gasteiger partial charge on any atom is 0.270 e. The van der Waals surface area contributed by atoms with E-state index < -0.39 is 4.92 Å². The van der Waals surface area contributed by atoms with Crippen LogP contribution in [0.4, 0.5) is 11.5 Å². The summed E-state index contributed by atoms with van der Waals surface area (Å²) in [4.78, 5) is 28.0. The Hall–Kier alpha value is -4.33. The van der Waals surface area contributed by atoms with E-state index in [-0.39, 0.29) is 17.6 Å². The highest BCUT2D eigenvalue weighted by atomic mass is 16.6. The first-order chi connectivity index (χ1) is 16.5. The van der Waals surface area contributed by atoms with Gasteiger partial charge in [-0.25, -0.2) is 0 Å². The average molecular weight is 454 g/mol. The normalized spacial score (nSPS) is 16.0. The molecule has 0 radical (unpaired) electrons. The summed E-state index contributed by atoms with van der Waals surface area (Å²) in [5.41, 5.74) is 2.13. The average Bonchev–Trinajstić information content (AvgIpc) is 2.88. The Morgan fingerprint density at radius 2 is 1.65 bits per heavy atom. The first-order valence-corrected chi connectivity index (χ1v) is 11.1. The SMILES string of the molecule is CC1CN(C(=O)c2ccccc2)CCN1c1nnc(-c2ccccc2)c2cc([N+](=O)[O-])ccc12. The number of hydrogen-bond acceptors (Lipinski definition) is 6. The number of non-ortho nitro benzene ring substituents is 1. The van der Waals surface area contributed by atoms with Gasteiger partial charge in [-0.3, -0.25) is 14.9 Å². The molecule has 8 heteroatoms. The molecule has 1 aromatic heterocycles. The van der Waals surface area contributed by atoms with Gasteiger partial charge in [-0.2, -0.15) is 0 Å². The lowest BCUT2D eigenvalue weighted by Crippen LogP contribution is -2.54. The van der Waals surface area contributed by atoms with Gasteiger partial charge in [0.15, 0.2) is 5.82 Å². The predicted molar refractivity (Wildman–Crippen MR) is 131 cm³/mol. The van der Waals surface area contributed by atoms with Gasteiger partial charge in [0.05, 0.1) is 4.92 Å². The summed E-state index contributed by atoms with van der Waals surface area (Å²) in [6, 6.07) is 23.6. The summed E-state index contributed by atoms with van der Waals surface area (Å²) in [7, 11) is 0. The predicted octanol–water partition coefficient (Wildman–Crippen LogP) is 4.56. The van der Waals surface area contributed by atoms with Crippen LogP contribution in [0.2, 0.25) is 0 Å². The summed E-state index contributed by atoms with van der Waals surface area (Å²) in [5, 5.41) is 22.0. The minimum atomic E-state index is -0.398. The van der Waals surface area contributed by atoms with Crippen LogP contribution in [0.3, 0.4) is 0 Å². The third-order valence-electron chi connectivity index (χ3n) is 6.21. The molecule has 1 aliphatic heterocycles. The lowest BCUT2D eigenvalue weighted by molar-refractivity contribution is -0.384. The van der Waals surface area contributed by atoms with E-state index in [1.165, 1.54) is 6.07 Å². The van der Waals surface area contributed by atoms with Crippen LogP contribution in [0.15, 0.2) is 78.9 Å². The van der Waals surface area contributed by atoms with E-state index in [0.717, 1.165) is 10.9 Å². The second-order valence-corrected chi connectivity index (χ2v) is 8.38. The third-order valence-corrected chi connectivity index (χ3v) is 6.21. The summed E-state index contributed by atoms with van der Waals surface area (Å²) in [6.07, 6.45) is 0. The zero-order valence-electron chi connectivity index (χ0n) is 18.7. The number of nitrogens with zero attached hydrogens (tertiary/aromatic N) is 5. The number of nitro benzene ring substituents is 1. The highest BCUT2D eigenvalue weighted by molar-refractivity contribution is 6.01. The highest BCUT2D eigenvalue weighted by Gasteiger charge is 2.30. The van der Waals surface area contributed by atoms with Gasteiger partial charge in [-0.05, 0) is 25.1 Å². The van der Waals surface area contributed by atoms with Crippen LogP contribution in [-0.4, -0.2) is 51.6 Å². The van der Waals surface area contributed by atoms with Crippen molar-refractivity contribution in [1.29, 1.82) is 0 Å². The molecule has 1 fully saturated rings.